The summed E-state index contributed by atoms with van der Waals surface area (Å²) in [5, 5.41) is 7.43. The first-order valence-electron chi connectivity index (χ1n) is 7.27. The number of nitrogens with one attached hydrogen (secondary N) is 2. The van der Waals surface area contributed by atoms with Crippen LogP contribution in [0.3, 0.4) is 0 Å². The van der Waals surface area contributed by atoms with Crippen LogP contribution in [-0.2, 0) is 0 Å². The highest BCUT2D eigenvalue weighted by Gasteiger charge is 2.30. The van der Waals surface area contributed by atoms with Gasteiger partial charge in [0.15, 0.2) is 5.11 Å². The molecule has 0 fully saturated rings. The number of para-hydroxylation sites is 1. The van der Waals surface area contributed by atoms with Crippen molar-refractivity contribution in [3.63, 3.8) is 0 Å². The van der Waals surface area contributed by atoms with E-state index in [1.54, 1.807) is 0 Å². The quantitative estimate of drug-likeness (QED) is 0.632. The average molecular weight is 288 g/mol. The minimum absolute atomic E-state index is 0.00998. The van der Waals surface area contributed by atoms with Crippen LogP contribution in [0.1, 0.15) is 40.0 Å². The highest BCUT2D eigenvalue weighted by molar-refractivity contribution is 7.80. The van der Waals surface area contributed by atoms with Crippen LogP contribution in [0.5, 0.6) is 0 Å². The first-order chi connectivity index (χ1) is 9.47. The van der Waals surface area contributed by atoms with Gasteiger partial charge in [0.1, 0.15) is 0 Å². The second kappa shape index (κ2) is 6.40. The molecule has 2 N–H and O–H groups in total. The van der Waals surface area contributed by atoms with Gasteiger partial charge in [0.25, 0.3) is 0 Å². The number of thiocarbonyl (C=S) groups is 1. The van der Waals surface area contributed by atoms with Crippen LogP contribution in [0.25, 0.3) is 0 Å². The van der Waals surface area contributed by atoms with Crippen molar-refractivity contribution in [3.05, 3.63) is 42.0 Å². The Morgan fingerprint density at radius 3 is 2.55 bits per heavy atom. The van der Waals surface area contributed by atoms with E-state index >= 15 is 0 Å². The van der Waals surface area contributed by atoms with E-state index in [0.717, 1.165) is 12.1 Å². The number of hydrogen-bond acceptors (Lipinski definition) is 1. The summed E-state index contributed by atoms with van der Waals surface area (Å²) in [5.74, 6) is 0.627. The zero-order valence-corrected chi connectivity index (χ0v) is 13.4. The highest BCUT2D eigenvalue weighted by atomic mass is 32.1. The Bertz CT molecular complexity index is 491. The molecule has 0 amide bonds. The van der Waals surface area contributed by atoms with E-state index in [0.29, 0.717) is 11.0 Å². The van der Waals surface area contributed by atoms with Crippen molar-refractivity contribution in [2.75, 3.05) is 5.32 Å². The van der Waals surface area contributed by atoms with E-state index in [1.807, 2.05) is 30.3 Å². The van der Waals surface area contributed by atoms with Crippen LogP contribution in [0.2, 0.25) is 0 Å². The van der Waals surface area contributed by atoms with Crippen molar-refractivity contribution in [1.82, 2.24) is 5.32 Å². The fraction of sp³-hybridized carbons (Fsp3) is 0.471. The minimum atomic E-state index is 0.00998. The zero-order valence-electron chi connectivity index (χ0n) is 12.6. The molecule has 1 atom stereocenters. The number of hydrogen-bond donors (Lipinski definition) is 2. The molecule has 2 nitrogen and oxygen atoms in total. The lowest BCUT2D eigenvalue weighted by atomic mass is 9.77. The Morgan fingerprint density at radius 1 is 1.25 bits per heavy atom. The van der Waals surface area contributed by atoms with E-state index in [1.165, 1.54) is 18.4 Å². The van der Waals surface area contributed by atoms with Crippen LogP contribution in [-0.4, -0.2) is 10.7 Å². The smallest absolute Gasteiger partial charge is 0.171 e. The predicted molar refractivity (Wildman–Crippen MR) is 91.0 cm³/mol. The van der Waals surface area contributed by atoms with Gasteiger partial charge in [0, 0.05) is 11.2 Å². The summed E-state index contributed by atoms with van der Waals surface area (Å²) in [6.07, 6.45) is 5.94. The van der Waals surface area contributed by atoms with Crippen molar-refractivity contribution < 1.29 is 0 Å². The van der Waals surface area contributed by atoms with E-state index in [9.17, 15) is 0 Å². The van der Waals surface area contributed by atoms with Gasteiger partial charge >= 0.3 is 0 Å². The SMILES string of the molecule is CC1=CC[C@H](C(C)(C)NC(=S)Nc2ccccc2)CC1. The lowest BCUT2D eigenvalue weighted by molar-refractivity contribution is 0.267. The molecule has 0 aromatic heterocycles. The molecule has 0 heterocycles. The van der Waals surface area contributed by atoms with Gasteiger partial charge in [-0.2, -0.15) is 0 Å². The molecule has 0 spiro atoms. The van der Waals surface area contributed by atoms with Gasteiger partial charge in [-0.15, -0.1) is 0 Å². The van der Waals surface area contributed by atoms with Crippen molar-refractivity contribution in [2.45, 2.75) is 45.6 Å². The fourth-order valence-corrected chi connectivity index (χ4v) is 3.08. The molecule has 1 aromatic rings. The number of rotatable bonds is 3. The Labute approximate surface area is 127 Å². The summed E-state index contributed by atoms with van der Waals surface area (Å²) >= 11 is 5.44. The lowest BCUT2D eigenvalue weighted by Gasteiger charge is -2.38. The summed E-state index contributed by atoms with van der Waals surface area (Å²) in [4.78, 5) is 0. The molecule has 0 saturated carbocycles. The molecule has 1 aliphatic rings. The second-order valence-corrected chi connectivity index (χ2v) is 6.60. The van der Waals surface area contributed by atoms with Gasteiger partial charge < -0.3 is 10.6 Å². The molecule has 0 unspecified atom stereocenters. The summed E-state index contributed by atoms with van der Waals surface area (Å²) in [6.45, 7) is 6.70. The van der Waals surface area contributed by atoms with Crippen molar-refractivity contribution in [1.29, 1.82) is 0 Å². The molecule has 3 heteroatoms. The van der Waals surface area contributed by atoms with Crippen LogP contribution in [0.15, 0.2) is 42.0 Å². The molecule has 2 rings (SSSR count). The van der Waals surface area contributed by atoms with Gasteiger partial charge in [0.05, 0.1) is 0 Å². The van der Waals surface area contributed by atoms with E-state index in [-0.39, 0.29) is 5.54 Å². The summed E-state index contributed by atoms with van der Waals surface area (Å²) in [5.41, 5.74) is 2.55. The molecule has 108 valence electrons. The van der Waals surface area contributed by atoms with E-state index in [4.69, 9.17) is 12.2 Å². The largest absolute Gasteiger partial charge is 0.357 e. The van der Waals surface area contributed by atoms with Crippen LogP contribution >= 0.6 is 12.2 Å². The first kappa shape index (κ1) is 15.0. The average Bonchev–Trinajstić information content (AvgIpc) is 2.39. The maximum atomic E-state index is 5.44. The standard InChI is InChI=1S/C17H24N2S/c1-13-9-11-14(12-10-13)17(2,3)19-16(20)18-15-7-5-4-6-8-15/h4-9,14H,10-12H2,1-3H3,(H2,18,19,20)/t14-/m0/s1. The Hall–Kier alpha value is -1.35. The molecule has 0 aliphatic heterocycles. The summed E-state index contributed by atoms with van der Waals surface area (Å²) in [6, 6.07) is 10.1. The predicted octanol–water partition coefficient (Wildman–Crippen LogP) is 4.50. The van der Waals surface area contributed by atoms with Gasteiger partial charge in [-0.25, -0.2) is 0 Å². The first-order valence-corrected chi connectivity index (χ1v) is 7.68. The molecule has 0 saturated heterocycles. The van der Waals surface area contributed by atoms with Gasteiger partial charge in [-0.1, -0.05) is 29.8 Å². The third kappa shape index (κ3) is 4.07. The Morgan fingerprint density at radius 2 is 1.95 bits per heavy atom. The fourth-order valence-electron chi connectivity index (χ4n) is 2.70. The second-order valence-electron chi connectivity index (χ2n) is 6.19. The highest BCUT2D eigenvalue weighted by Crippen LogP contribution is 2.31. The Kier molecular flexibility index (Phi) is 4.81. The minimum Gasteiger partial charge on any atom is -0.357 e. The molecule has 0 bridgehead atoms. The molecule has 20 heavy (non-hydrogen) atoms. The zero-order chi connectivity index (χ0) is 14.6. The van der Waals surface area contributed by atoms with Crippen LogP contribution in [0.4, 0.5) is 5.69 Å². The lowest BCUT2D eigenvalue weighted by Crippen LogP contribution is -2.50. The third-order valence-electron chi connectivity index (χ3n) is 4.13. The number of allylic oxidation sites excluding steroid dienone is 2. The van der Waals surface area contributed by atoms with Crippen molar-refractivity contribution >= 4 is 23.0 Å². The van der Waals surface area contributed by atoms with Gasteiger partial charge in [-0.05, 0) is 70.3 Å². The van der Waals surface area contributed by atoms with Gasteiger partial charge in [-0.3, -0.25) is 0 Å². The summed E-state index contributed by atoms with van der Waals surface area (Å²) < 4.78 is 0. The monoisotopic (exact) mass is 288 g/mol. The van der Waals surface area contributed by atoms with Crippen molar-refractivity contribution in [3.8, 4) is 0 Å². The molecule has 1 aliphatic carbocycles. The molecular weight excluding hydrogens is 264 g/mol. The van der Waals surface area contributed by atoms with Gasteiger partial charge in [0.2, 0.25) is 0 Å². The molecular formula is C17H24N2S. The van der Waals surface area contributed by atoms with E-state index < -0.39 is 0 Å². The van der Waals surface area contributed by atoms with Crippen LogP contribution in [0, 0.1) is 5.92 Å². The topological polar surface area (TPSA) is 24.1 Å². The van der Waals surface area contributed by atoms with Crippen molar-refractivity contribution in [2.24, 2.45) is 5.92 Å². The van der Waals surface area contributed by atoms with E-state index in [2.05, 4.69) is 37.5 Å². The maximum absolute atomic E-state index is 5.44. The normalized spacial score (nSPS) is 19.1. The third-order valence-corrected chi connectivity index (χ3v) is 4.33. The number of anilines is 1. The number of benzene rings is 1. The molecule has 0 radical (unpaired) electrons. The summed E-state index contributed by atoms with van der Waals surface area (Å²) in [7, 11) is 0. The van der Waals surface area contributed by atoms with Crippen LogP contribution < -0.4 is 10.6 Å². The molecule has 1 aromatic carbocycles. The Balaban J connectivity index is 1.92. The maximum Gasteiger partial charge on any atom is 0.171 e.